The lowest BCUT2D eigenvalue weighted by molar-refractivity contribution is -0.385. The third-order valence-corrected chi connectivity index (χ3v) is 3.21. The van der Waals surface area contributed by atoms with Crippen LogP contribution in [0.25, 0.3) is 0 Å². The van der Waals surface area contributed by atoms with E-state index in [4.69, 9.17) is 0 Å². The predicted octanol–water partition coefficient (Wildman–Crippen LogP) is 3.46. The van der Waals surface area contributed by atoms with E-state index in [1.807, 2.05) is 6.92 Å². The lowest BCUT2D eigenvalue weighted by atomic mass is 10.0. The number of carbonyl (C=O) groups excluding carboxylic acids is 1. The van der Waals surface area contributed by atoms with E-state index in [0.29, 0.717) is 17.0 Å². The number of nitrogens with zero attached hydrogens (tertiary/aromatic N) is 1. The average molecular weight is 278 g/mol. The molecule has 0 saturated heterocycles. The minimum absolute atomic E-state index is 0.0365. The fraction of sp³-hybridized carbons (Fsp3) is 0.533. The summed E-state index contributed by atoms with van der Waals surface area (Å²) >= 11 is 0. The number of aryl methyl sites for hydroxylation is 1. The summed E-state index contributed by atoms with van der Waals surface area (Å²) < 4.78 is 0. The maximum absolute atomic E-state index is 12.1. The molecule has 0 aliphatic carbocycles. The molecule has 0 aliphatic rings. The first-order chi connectivity index (χ1) is 9.31. The normalized spacial score (nSPS) is 12.2. The largest absolute Gasteiger partial charge is 0.350 e. The predicted molar refractivity (Wildman–Crippen MR) is 78.8 cm³/mol. The van der Waals surface area contributed by atoms with Crippen molar-refractivity contribution >= 4 is 11.6 Å². The first-order valence-corrected chi connectivity index (χ1v) is 6.87. The molecular formula is C15H22N2O3. The second-order valence-corrected chi connectivity index (χ2v) is 5.60. The zero-order valence-electron chi connectivity index (χ0n) is 12.5. The van der Waals surface area contributed by atoms with E-state index in [2.05, 4.69) is 19.2 Å². The number of rotatable bonds is 6. The van der Waals surface area contributed by atoms with Crippen LogP contribution in [-0.2, 0) is 0 Å². The van der Waals surface area contributed by atoms with Gasteiger partial charge in [0, 0.05) is 23.2 Å². The monoisotopic (exact) mass is 278 g/mol. The topological polar surface area (TPSA) is 72.2 Å². The van der Waals surface area contributed by atoms with E-state index in [9.17, 15) is 14.9 Å². The molecule has 0 heterocycles. The summed E-state index contributed by atoms with van der Waals surface area (Å²) in [6.45, 7) is 7.90. The molecule has 5 nitrogen and oxygen atoms in total. The summed E-state index contributed by atoms with van der Waals surface area (Å²) in [6.07, 6.45) is 1.98. The van der Waals surface area contributed by atoms with Gasteiger partial charge in [-0.15, -0.1) is 0 Å². The Kier molecular flexibility index (Phi) is 5.67. The Bertz CT molecular complexity index is 498. The molecule has 0 radical (unpaired) electrons. The van der Waals surface area contributed by atoms with Crippen molar-refractivity contribution in [1.82, 2.24) is 5.32 Å². The fourth-order valence-corrected chi connectivity index (χ4v) is 1.96. The number of amides is 1. The Morgan fingerprint density at radius 3 is 2.45 bits per heavy atom. The van der Waals surface area contributed by atoms with Gasteiger partial charge in [0.25, 0.3) is 11.6 Å². The summed E-state index contributed by atoms with van der Waals surface area (Å²) in [5.74, 6) is 0.426. The number of nitrogens with one attached hydrogen (secondary N) is 1. The standard InChI is InChI=1S/C15H22N2O3/c1-10(2)5-6-12(4)16-15(18)13-7-8-14(17(19)20)11(3)9-13/h7-10,12H,5-6H2,1-4H3,(H,16,18). The highest BCUT2D eigenvalue weighted by Crippen LogP contribution is 2.19. The number of carbonyl (C=O) groups is 1. The maximum atomic E-state index is 12.1. The summed E-state index contributed by atoms with van der Waals surface area (Å²) in [5.41, 5.74) is 0.997. The van der Waals surface area contributed by atoms with Crippen molar-refractivity contribution in [3.05, 3.63) is 39.4 Å². The van der Waals surface area contributed by atoms with Crippen molar-refractivity contribution in [2.45, 2.75) is 46.6 Å². The van der Waals surface area contributed by atoms with Crippen LogP contribution in [-0.4, -0.2) is 16.9 Å². The lowest BCUT2D eigenvalue weighted by Gasteiger charge is -2.15. The molecule has 0 spiro atoms. The molecule has 0 fully saturated rings. The zero-order valence-corrected chi connectivity index (χ0v) is 12.5. The molecule has 1 unspecified atom stereocenters. The Labute approximate surface area is 119 Å². The molecule has 1 amide bonds. The molecule has 110 valence electrons. The molecule has 0 saturated carbocycles. The van der Waals surface area contributed by atoms with E-state index < -0.39 is 4.92 Å². The van der Waals surface area contributed by atoms with Crippen LogP contribution in [0.2, 0.25) is 0 Å². The molecule has 20 heavy (non-hydrogen) atoms. The van der Waals surface area contributed by atoms with E-state index in [-0.39, 0.29) is 17.6 Å². The highest BCUT2D eigenvalue weighted by molar-refractivity contribution is 5.94. The second-order valence-electron chi connectivity index (χ2n) is 5.60. The highest BCUT2D eigenvalue weighted by atomic mass is 16.6. The van der Waals surface area contributed by atoms with Crippen molar-refractivity contribution in [3.63, 3.8) is 0 Å². The summed E-state index contributed by atoms with van der Waals surface area (Å²) in [6, 6.07) is 4.53. The number of hydrogen-bond acceptors (Lipinski definition) is 3. The molecule has 1 aromatic carbocycles. The molecule has 1 aromatic rings. The van der Waals surface area contributed by atoms with Gasteiger partial charge < -0.3 is 5.32 Å². The van der Waals surface area contributed by atoms with Crippen LogP contribution >= 0.6 is 0 Å². The van der Waals surface area contributed by atoms with Gasteiger partial charge in [-0.25, -0.2) is 0 Å². The van der Waals surface area contributed by atoms with Crippen molar-refractivity contribution in [2.75, 3.05) is 0 Å². The average Bonchev–Trinajstić information content (AvgIpc) is 2.35. The summed E-state index contributed by atoms with van der Waals surface area (Å²) in [5, 5.41) is 13.7. The van der Waals surface area contributed by atoms with Crippen LogP contribution in [0, 0.1) is 23.0 Å². The van der Waals surface area contributed by atoms with Gasteiger partial charge in [0.05, 0.1) is 4.92 Å². The van der Waals surface area contributed by atoms with E-state index >= 15 is 0 Å². The molecule has 0 aromatic heterocycles. The van der Waals surface area contributed by atoms with E-state index in [0.717, 1.165) is 12.8 Å². The van der Waals surface area contributed by atoms with Crippen LogP contribution in [0.15, 0.2) is 18.2 Å². The Morgan fingerprint density at radius 1 is 1.30 bits per heavy atom. The van der Waals surface area contributed by atoms with Crippen LogP contribution < -0.4 is 5.32 Å². The SMILES string of the molecule is Cc1cc(C(=O)NC(C)CCC(C)C)ccc1[N+](=O)[O-]. The van der Waals surface area contributed by atoms with Crippen molar-refractivity contribution in [2.24, 2.45) is 5.92 Å². The number of hydrogen-bond donors (Lipinski definition) is 1. The van der Waals surface area contributed by atoms with Crippen LogP contribution in [0.4, 0.5) is 5.69 Å². The molecule has 0 aliphatic heterocycles. The first kappa shape index (κ1) is 16.1. The van der Waals surface area contributed by atoms with Crippen molar-refractivity contribution in [3.8, 4) is 0 Å². The van der Waals surface area contributed by atoms with Gasteiger partial charge in [0.15, 0.2) is 0 Å². The Morgan fingerprint density at radius 2 is 1.95 bits per heavy atom. The van der Waals surface area contributed by atoms with Crippen LogP contribution in [0.3, 0.4) is 0 Å². The number of nitro benzene ring substituents is 1. The third kappa shape index (κ3) is 4.64. The molecule has 1 atom stereocenters. The second kappa shape index (κ2) is 7.03. The highest BCUT2D eigenvalue weighted by Gasteiger charge is 2.15. The van der Waals surface area contributed by atoms with Gasteiger partial charge in [-0.05, 0) is 44.7 Å². The maximum Gasteiger partial charge on any atom is 0.272 e. The Balaban J connectivity index is 2.68. The minimum atomic E-state index is -0.442. The Hall–Kier alpha value is -1.91. The van der Waals surface area contributed by atoms with E-state index in [1.165, 1.54) is 12.1 Å². The minimum Gasteiger partial charge on any atom is -0.350 e. The lowest BCUT2D eigenvalue weighted by Crippen LogP contribution is -2.32. The third-order valence-electron chi connectivity index (χ3n) is 3.21. The zero-order chi connectivity index (χ0) is 15.3. The first-order valence-electron chi connectivity index (χ1n) is 6.87. The molecule has 1 rings (SSSR count). The fourth-order valence-electron chi connectivity index (χ4n) is 1.96. The van der Waals surface area contributed by atoms with Gasteiger partial charge in [-0.3, -0.25) is 14.9 Å². The van der Waals surface area contributed by atoms with Gasteiger partial charge in [0.2, 0.25) is 0 Å². The van der Waals surface area contributed by atoms with E-state index in [1.54, 1.807) is 13.0 Å². The molecular weight excluding hydrogens is 256 g/mol. The van der Waals surface area contributed by atoms with Crippen LogP contribution in [0.1, 0.15) is 49.5 Å². The molecule has 1 N–H and O–H groups in total. The molecule has 0 bridgehead atoms. The summed E-state index contributed by atoms with van der Waals surface area (Å²) in [7, 11) is 0. The van der Waals surface area contributed by atoms with Crippen molar-refractivity contribution < 1.29 is 9.72 Å². The van der Waals surface area contributed by atoms with Gasteiger partial charge in [0.1, 0.15) is 0 Å². The van der Waals surface area contributed by atoms with Crippen molar-refractivity contribution in [1.29, 1.82) is 0 Å². The van der Waals surface area contributed by atoms with Crippen LogP contribution in [0.5, 0.6) is 0 Å². The number of nitro groups is 1. The number of benzene rings is 1. The quantitative estimate of drug-likeness (QED) is 0.639. The van der Waals surface area contributed by atoms with Gasteiger partial charge in [-0.2, -0.15) is 0 Å². The van der Waals surface area contributed by atoms with Gasteiger partial charge >= 0.3 is 0 Å². The summed E-state index contributed by atoms with van der Waals surface area (Å²) in [4.78, 5) is 22.3. The molecule has 5 heteroatoms. The smallest absolute Gasteiger partial charge is 0.272 e. The van der Waals surface area contributed by atoms with Gasteiger partial charge in [-0.1, -0.05) is 13.8 Å².